The first-order valence-corrected chi connectivity index (χ1v) is 5.93. The second-order valence-electron chi connectivity index (χ2n) is 4.40. The lowest BCUT2D eigenvalue weighted by molar-refractivity contribution is 0.257. The van der Waals surface area contributed by atoms with Gasteiger partial charge in [-0.15, -0.1) is 0 Å². The highest BCUT2D eigenvalue weighted by molar-refractivity contribution is 5.64. The Morgan fingerprint density at radius 3 is 2.47 bits per heavy atom. The molecule has 0 aliphatic carbocycles. The Labute approximate surface area is 113 Å². The van der Waals surface area contributed by atoms with Crippen LogP contribution in [0.2, 0.25) is 0 Å². The molecule has 1 aromatic carbocycles. The van der Waals surface area contributed by atoms with Gasteiger partial charge in [-0.3, -0.25) is 0 Å². The second-order valence-corrected chi connectivity index (χ2v) is 4.40. The van der Waals surface area contributed by atoms with Gasteiger partial charge in [-0.25, -0.2) is 0 Å². The highest BCUT2D eigenvalue weighted by atomic mass is 16.5. The number of hydrogen-bond donors (Lipinski definition) is 0. The first-order valence-electron chi connectivity index (χ1n) is 5.93. The third kappa shape index (κ3) is 4.37. The minimum Gasteiger partial charge on any atom is -0.493 e. The standard InChI is InChI=1S/C15H16N2O2/c1-11(2)10-19-15-7-12(4-5-14(15)18-3)6-13(8-16)9-17/h4-7,11H,10H2,1-3H3. The van der Waals surface area contributed by atoms with Gasteiger partial charge in [0, 0.05) is 0 Å². The molecule has 0 fully saturated rings. The maximum Gasteiger partial charge on any atom is 0.161 e. The number of nitrogens with zero attached hydrogens (tertiary/aromatic N) is 2. The molecule has 0 atom stereocenters. The molecule has 0 saturated carbocycles. The molecule has 0 aliphatic rings. The minimum atomic E-state index is 0.0555. The molecule has 0 N–H and O–H groups in total. The van der Waals surface area contributed by atoms with Crippen molar-refractivity contribution in [3.8, 4) is 23.6 Å². The van der Waals surface area contributed by atoms with Crippen LogP contribution in [0.15, 0.2) is 23.8 Å². The fourth-order valence-electron chi connectivity index (χ4n) is 1.41. The Morgan fingerprint density at radius 2 is 1.95 bits per heavy atom. The maximum absolute atomic E-state index is 8.74. The zero-order valence-corrected chi connectivity index (χ0v) is 11.3. The zero-order valence-electron chi connectivity index (χ0n) is 11.3. The topological polar surface area (TPSA) is 66.0 Å². The van der Waals surface area contributed by atoms with Crippen LogP contribution in [0.3, 0.4) is 0 Å². The van der Waals surface area contributed by atoms with Crippen molar-refractivity contribution < 1.29 is 9.47 Å². The summed E-state index contributed by atoms with van der Waals surface area (Å²) in [5, 5.41) is 17.5. The molecule has 1 rings (SSSR count). The molecule has 98 valence electrons. The minimum absolute atomic E-state index is 0.0555. The van der Waals surface area contributed by atoms with Crippen molar-refractivity contribution in [3.63, 3.8) is 0 Å². The Kier molecular flexibility index (Phi) is 5.44. The number of nitriles is 2. The summed E-state index contributed by atoms with van der Waals surface area (Å²) >= 11 is 0. The highest BCUT2D eigenvalue weighted by Crippen LogP contribution is 2.29. The van der Waals surface area contributed by atoms with Crippen molar-refractivity contribution in [1.29, 1.82) is 10.5 Å². The van der Waals surface area contributed by atoms with Gasteiger partial charge in [0.05, 0.1) is 13.7 Å². The van der Waals surface area contributed by atoms with Crippen LogP contribution in [0.25, 0.3) is 6.08 Å². The fraction of sp³-hybridized carbons (Fsp3) is 0.333. The maximum atomic E-state index is 8.74. The quantitative estimate of drug-likeness (QED) is 0.759. The van der Waals surface area contributed by atoms with Crippen LogP contribution in [0.4, 0.5) is 0 Å². The van der Waals surface area contributed by atoms with E-state index in [4.69, 9.17) is 20.0 Å². The molecule has 0 amide bonds. The van der Waals surface area contributed by atoms with Crippen molar-refractivity contribution in [2.24, 2.45) is 5.92 Å². The van der Waals surface area contributed by atoms with Crippen LogP contribution >= 0.6 is 0 Å². The van der Waals surface area contributed by atoms with E-state index >= 15 is 0 Å². The van der Waals surface area contributed by atoms with Crippen LogP contribution in [0.5, 0.6) is 11.5 Å². The Hall–Kier alpha value is -2.46. The summed E-state index contributed by atoms with van der Waals surface area (Å²) in [6, 6.07) is 8.94. The van der Waals surface area contributed by atoms with Gasteiger partial charge in [-0.05, 0) is 29.7 Å². The molecule has 0 bridgehead atoms. The van der Waals surface area contributed by atoms with E-state index in [1.165, 1.54) is 6.08 Å². The molecule has 0 unspecified atom stereocenters. The predicted molar refractivity (Wildman–Crippen MR) is 72.5 cm³/mol. The summed E-state index contributed by atoms with van der Waals surface area (Å²) < 4.78 is 10.9. The Bertz CT molecular complexity index is 532. The van der Waals surface area contributed by atoms with Crippen molar-refractivity contribution in [2.45, 2.75) is 13.8 Å². The summed E-state index contributed by atoms with van der Waals surface area (Å²) in [6.45, 7) is 4.69. The smallest absolute Gasteiger partial charge is 0.161 e. The summed E-state index contributed by atoms with van der Waals surface area (Å²) in [7, 11) is 1.57. The normalized spacial score (nSPS) is 9.37. The van der Waals surface area contributed by atoms with Gasteiger partial charge in [0.1, 0.15) is 17.7 Å². The van der Waals surface area contributed by atoms with Gasteiger partial charge in [0.2, 0.25) is 0 Å². The van der Waals surface area contributed by atoms with Crippen LogP contribution in [0.1, 0.15) is 19.4 Å². The lowest BCUT2D eigenvalue weighted by Crippen LogP contribution is -2.05. The average Bonchev–Trinajstić information content (AvgIpc) is 2.42. The van der Waals surface area contributed by atoms with E-state index in [1.807, 2.05) is 12.1 Å². The summed E-state index contributed by atoms with van der Waals surface area (Å²) in [5.74, 6) is 1.64. The van der Waals surface area contributed by atoms with Gasteiger partial charge in [0.25, 0.3) is 0 Å². The van der Waals surface area contributed by atoms with E-state index < -0.39 is 0 Å². The third-order valence-corrected chi connectivity index (χ3v) is 2.31. The van der Waals surface area contributed by atoms with Gasteiger partial charge in [0.15, 0.2) is 11.5 Å². The SMILES string of the molecule is COc1ccc(C=C(C#N)C#N)cc1OCC(C)C. The lowest BCUT2D eigenvalue weighted by atomic mass is 10.1. The fourth-order valence-corrected chi connectivity index (χ4v) is 1.41. The number of hydrogen-bond acceptors (Lipinski definition) is 4. The van der Waals surface area contributed by atoms with Gasteiger partial charge in [-0.2, -0.15) is 10.5 Å². The summed E-state index contributed by atoms with van der Waals surface area (Å²) in [4.78, 5) is 0. The first-order chi connectivity index (χ1) is 9.10. The van der Waals surface area contributed by atoms with E-state index in [2.05, 4.69) is 13.8 Å². The number of allylic oxidation sites excluding steroid dienone is 1. The predicted octanol–water partition coefficient (Wildman–Crippen LogP) is 3.16. The summed E-state index contributed by atoms with van der Waals surface area (Å²) in [5.41, 5.74) is 0.789. The van der Waals surface area contributed by atoms with Crippen molar-refractivity contribution in [2.75, 3.05) is 13.7 Å². The molecule has 0 aromatic heterocycles. The van der Waals surface area contributed by atoms with E-state index in [-0.39, 0.29) is 5.57 Å². The van der Waals surface area contributed by atoms with Crippen molar-refractivity contribution >= 4 is 6.08 Å². The molecule has 4 heteroatoms. The number of methoxy groups -OCH3 is 1. The highest BCUT2D eigenvalue weighted by Gasteiger charge is 2.06. The summed E-state index contributed by atoms with van der Waals surface area (Å²) in [6.07, 6.45) is 1.52. The largest absolute Gasteiger partial charge is 0.493 e. The molecular formula is C15H16N2O2. The first kappa shape index (κ1) is 14.6. The molecule has 0 radical (unpaired) electrons. The second kappa shape index (κ2) is 7.08. The Balaban J connectivity index is 3.05. The molecule has 0 aliphatic heterocycles. The average molecular weight is 256 g/mol. The van der Waals surface area contributed by atoms with Crippen molar-refractivity contribution in [1.82, 2.24) is 0 Å². The van der Waals surface area contributed by atoms with Crippen LogP contribution in [-0.4, -0.2) is 13.7 Å². The molecule has 0 heterocycles. The van der Waals surface area contributed by atoms with Gasteiger partial charge < -0.3 is 9.47 Å². The van der Waals surface area contributed by atoms with Gasteiger partial charge in [-0.1, -0.05) is 19.9 Å². The van der Waals surface area contributed by atoms with E-state index in [0.717, 1.165) is 5.56 Å². The number of ether oxygens (including phenoxy) is 2. The van der Waals surface area contributed by atoms with Crippen molar-refractivity contribution in [3.05, 3.63) is 29.3 Å². The zero-order chi connectivity index (χ0) is 14.3. The number of rotatable bonds is 5. The van der Waals surface area contributed by atoms with Crippen LogP contribution < -0.4 is 9.47 Å². The van der Waals surface area contributed by atoms with E-state index in [9.17, 15) is 0 Å². The van der Waals surface area contributed by atoms with Crippen LogP contribution in [0, 0.1) is 28.6 Å². The monoisotopic (exact) mass is 256 g/mol. The third-order valence-electron chi connectivity index (χ3n) is 2.31. The lowest BCUT2D eigenvalue weighted by Gasteiger charge is -2.12. The molecular weight excluding hydrogens is 240 g/mol. The van der Waals surface area contributed by atoms with Gasteiger partial charge >= 0.3 is 0 Å². The molecule has 0 saturated heterocycles. The number of benzene rings is 1. The van der Waals surface area contributed by atoms with Crippen LogP contribution in [-0.2, 0) is 0 Å². The molecule has 4 nitrogen and oxygen atoms in total. The molecule has 19 heavy (non-hydrogen) atoms. The molecule has 1 aromatic rings. The van der Waals surface area contributed by atoms with E-state index in [1.54, 1.807) is 25.3 Å². The van der Waals surface area contributed by atoms with E-state index in [0.29, 0.717) is 24.0 Å². The molecule has 0 spiro atoms. The Morgan fingerprint density at radius 1 is 1.26 bits per heavy atom.